The number of anilines is 6. The third kappa shape index (κ3) is 9.85. The van der Waals surface area contributed by atoms with Gasteiger partial charge in [-0.15, -0.1) is 0 Å². The SMILES string of the molecule is c1ccc(N2c3ccccc3B3c4ccc(-c5cccc([Si](c6ccccc6)(c6ccccc6)c6ccccc6)c5)cc4N(c4cccc(-c5cccc([Si](c6ccccc6)(c6ccccc6)c6ccccc6)c5)c4)c4cc(-c5cccc(-n6c7ccccc7c7ccccc76)c5)cc2c43)cc1. The molecule has 0 spiro atoms. The van der Waals surface area contributed by atoms with Crippen LogP contribution in [0.5, 0.6) is 0 Å². The fourth-order valence-corrected chi connectivity index (χ4v) is 26.9. The number of fused-ring (bicyclic) bond motifs is 7. The maximum atomic E-state index is 2.62. The number of rotatable bonds is 14. The third-order valence-electron chi connectivity index (χ3n) is 21.6. The minimum Gasteiger partial charge on any atom is -0.311 e. The van der Waals surface area contributed by atoms with Crippen molar-refractivity contribution in [3.05, 3.63) is 413 Å². The van der Waals surface area contributed by atoms with E-state index in [9.17, 15) is 0 Å². The van der Waals surface area contributed by atoms with Gasteiger partial charge in [0.2, 0.25) is 0 Å². The van der Waals surface area contributed by atoms with Crippen LogP contribution in [0.2, 0.25) is 0 Å². The first-order valence-corrected chi connectivity index (χ1v) is 39.4. The van der Waals surface area contributed by atoms with Gasteiger partial charge in [-0.05, 0) is 164 Å². The summed E-state index contributed by atoms with van der Waals surface area (Å²) < 4.78 is 2.44. The first-order chi connectivity index (χ1) is 50.6. The first-order valence-electron chi connectivity index (χ1n) is 35.4. The molecule has 17 aromatic rings. The smallest absolute Gasteiger partial charge is 0.252 e. The fraction of sp³-hybridized carbons (Fsp3) is 0. The molecule has 2 aliphatic rings. The van der Waals surface area contributed by atoms with E-state index in [-0.39, 0.29) is 6.71 Å². The van der Waals surface area contributed by atoms with Gasteiger partial charge in [-0.1, -0.05) is 340 Å². The highest BCUT2D eigenvalue weighted by Gasteiger charge is 2.46. The van der Waals surface area contributed by atoms with Gasteiger partial charge in [-0.25, -0.2) is 0 Å². The average molecular weight is 1330 g/mol. The van der Waals surface area contributed by atoms with Crippen molar-refractivity contribution in [1.29, 1.82) is 0 Å². The molecule has 0 bridgehead atoms. The standard InChI is InChI=1S/C96H68BN3Si2/c1-8-36-75(37-9-1)98-92-59-27-24-56-88(92)97-89-61-60-73(72-35-31-53-85(65-72)102(81-46-16-5-17-47-81,82-48-18-6-19-49-82)83-50-20-7-21-51-83)66-93(89)100(95-68-74(67-94(98)96(95)97)70-33-29-38-76(63-70)99-90-57-25-22-54-86(90)87-55-23-26-58-91(87)99)77-39-28-32-69(62-77)71-34-30-52-84(64-71)101(78-40-10-2-11-41-78,79-42-12-3-13-43-79)80-44-14-4-15-45-80/h1-68H. The maximum absolute atomic E-state index is 2.91. The monoisotopic (exact) mass is 1330 g/mol. The van der Waals surface area contributed by atoms with Gasteiger partial charge in [-0.2, -0.15) is 0 Å². The normalized spacial score (nSPS) is 12.5. The van der Waals surface area contributed by atoms with Gasteiger partial charge in [0.25, 0.3) is 6.71 Å². The number of para-hydroxylation sites is 4. The van der Waals surface area contributed by atoms with E-state index in [4.69, 9.17) is 0 Å². The molecule has 0 saturated carbocycles. The highest BCUT2D eigenvalue weighted by molar-refractivity contribution is 7.20. The highest BCUT2D eigenvalue weighted by Crippen LogP contribution is 2.48. The molecule has 1 aromatic heterocycles. The van der Waals surface area contributed by atoms with E-state index in [0.29, 0.717) is 0 Å². The zero-order chi connectivity index (χ0) is 67.6. The molecule has 0 radical (unpaired) electrons. The van der Waals surface area contributed by atoms with E-state index in [1.165, 1.54) is 96.5 Å². The van der Waals surface area contributed by atoms with Gasteiger partial charge >= 0.3 is 0 Å². The molecule has 6 heteroatoms. The second kappa shape index (κ2) is 25.3. The van der Waals surface area contributed by atoms with Gasteiger partial charge < -0.3 is 14.4 Å². The molecular formula is C96H68BN3Si2. The summed E-state index contributed by atoms with van der Waals surface area (Å²) in [7, 11) is -5.81. The van der Waals surface area contributed by atoms with Crippen LogP contribution >= 0.6 is 0 Å². The van der Waals surface area contributed by atoms with Crippen LogP contribution in [0.15, 0.2) is 413 Å². The summed E-state index contributed by atoms with van der Waals surface area (Å²) in [6.45, 7) is -0.114. The van der Waals surface area contributed by atoms with Crippen LogP contribution in [-0.2, 0) is 0 Å². The molecule has 2 aliphatic heterocycles. The van der Waals surface area contributed by atoms with Crippen LogP contribution in [0.1, 0.15) is 0 Å². The maximum Gasteiger partial charge on any atom is 0.252 e. The van der Waals surface area contributed by atoms with Crippen molar-refractivity contribution in [3.8, 4) is 39.1 Å². The predicted octanol–water partition coefficient (Wildman–Crippen LogP) is 16.6. The Labute approximate surface area is 598 Å². The lowest BCUT2D eigenvalue weighted by atomic mass is 9.33. The summed E-state index contributed by atoms with van der Waals surface area (Å²) in [4.78, 5) is 5.15. The summed E-state index contributed by atoms with van der Waals surface area (Å²) in [5, 5.41) is 13.2. The Kier molecular flexibility index (Phi) is 15.0. The number of aromatic nitrogens is 1. The summed E-state index contributed by atoms with van der Waals surface area (Å²) in [6, 6.07) is 156. The molecule has 0 amide bonds. The summed E-state index contributed by atoms with van der Waals surface area (Å²) in [5.74, 6) is 0. The van der Waals surface area contributed by atoms with Gasteiger partial charge in [0.05, 0.1) is 11.0 Å². The van der Waals surface area contributed by atoms with Crippen molar-refractivity contribution >= 4 is 137 Å². The summed E-state index contributed by atoms with van der Waals surface area (Å²) in [5.41, 5.74) is 21.0. The van der Waals surface area contributed by atoms with Crippen molar-refractivity contribution in [1.82, 2.24) is 4.57 Å². The molecule has 0 N–H and O–H groups in total. The third-order valence-corrected chi connectivity index (χ3v) is 31.2. The van der Waals surface area contributed by atoms with E-state index in [1.807, 2.05) is 0 Å². The van der Waals surface area contributed by atoms with Crippen molar-refractivity contribution in [2.24, 2.45) is 0 Å². The Morgan fingerprint density at radius 1 is 0.196 bits per heavy atom. The van der Waals surface area contributed by atoms with E-state index in [1.54, 1.807) is 0 Å². The molecule has 0 atom stereocenters. The van der Waals surface area contributed by atoms with Crippen molar-refractivity contribution < 1.29 is 0 Å². The van der Waals surface area contributed by atoms with Crippen molar-refractivity contribution in [2.75, 3.05) is 9.80 Å². The van der Waals surface area contributed by atoms with E-state index in [2.05, 4.69) is 427 Å². The van der Waals surface area contributed by atoms with Crippen LogP contribution in [0.25, 0.3) is 60.9 Å². The second-order valence-corrected chi connectivity index (χ2v) is 34.6. The van der Waals surface area contributed by atoms with Crippen LogP contribution in [-0.4, -0.2) is 27.4 Å². The van der Waals surface area contributed by atoms with Crippen molar-refractivity contribution in [3.63, 3.8) is 0 Å². The molecule has 0 fully saturated rings. The van der Waals surface area contributed by atoms with Crippen molar-refractivity contribution in [2.45, 2.75) is 0 Å². The Balaban J connectivity index is 0.861. The molecule has 3 heterocycles. The minimum absolute atomic E-state index is 0.114. The van der Waals surface area contributed by atoms with Crippen LogP contribution < -0.4 is 67.7 Å². The minimum atomic E-state index is -2.91. The van der Waals surface area contributed by atoms with Crippen LogP contribution in [0.4, 0.5) is 34.1 Å². The van der Waals surface area contributed by atoms with E-state index >= 15 is 0 Å². The predicted molar refractivity (Wildman–Crippen MR) is 438 cm³/mol. The van der Waals surface area contributed by atoms with Gasteiger partial charge in [0.15, 0.2) is 16.1 Å². The fourth-order valence-electron chi connectivity index (χ4n) is 17.3. The number of hydrogen-bond acceptors (Lipinski definition) is 2. The second-order valence-electron chi connectivity index (χ2n) is 27.0. The Morgan fingerprint density at radius 3 is 1.00 bits per heavy atom. The molecule has 102 heavy (non-hydrogen) atoms. The molecule has 0 unspecified atom stereocenters. The first kappa shape index (κ1) is 60.6. The molecular weight excluding hydrogens is 1260 g/mol. The highest BCUT2D eigenvalue weighted by atomic mass is 28.3. The van der Waals surface area contributed by atoms with Gasteiger partial charge in [0, 0.05) is 50.6 Å². The Bertz CT molecular complexity index is 5720. The molecule has 16 aromatic carbocycles. The quantitative estimate of drug-likeness (QED) is 0.0794. The zero-order valence-corrected chi connectivity index (χ0v) is 58.2. The van der Waals surface area contributed by atoms with E-state index in [0.717, 1.165) is 56.4 Å². The number of benzene rings is 16. The molecule has 0 aliphatic carbocycles. The topological polar surface area (TPSA) is 11.4 Å². The van der Waals surface area contributed by atoms with Gasteiger partial charge in [0.1, 0.15) is 0 Å². The Morgan fingerprint density at radius 2 is 0.520 bits per heavy atom. The molecule has 0 saturated heterocycles. The van der Waals surface area contributed by atoms with E-state index < -0.39 is 16.1 Å². The number of nitrogens with zero attached hydrogens (tertiary/aromatic N) is 3. The lowest BCUT2D eigenvalue weighted by molar-refractivity contribution is 1.18. The largest absolute Gasteiger partial charge is 0.311 e. The van der Waals surface area contributed by atoms with Crippen LogP contribution in [0, 0.1) is 0 Å². The average Bonchev–Trinajstić information content (AvgIpc) is 0.845. The lowest BCUT2D eigenvalue weighted by Crippen LogP contribution is -2.74. The molecule has 3 nitrogen and oxygen atoms in total. The zero-order valence-electron chi connectivity index (χ0n) is 56.2. The summed E-state index contributed by atoms with van der Waals surface area (Å²) in [6.07, 6.45) is 0. The van der Waals surface area contributed by atoms with Gasteiger partial charge in [-0.3, -0.25) is 0 Å². The number of hydrogen-bond donors (Lipinski definition) is 0. The lowest BCUT2D eigenvalue weighted by Gasteiger charge is -2.44. The molecule has 478 valence electrons. The van der Waals surface area contributed by atoms with Crippen LogP contribution in [0.3, 0.4) is 0 Å². The summed E-state index contributed by atoms with van der Waals surface area (Å²) >= 11 is 0. The molecule has 19 rings (SSSR count). The Hall–Kier alpha value is -12.6.